The van der Waals surface area contributed by atoms with Crippen molar-refractivity contribution >= 4 is 33.4 Å². The number of fused-ring (bicyclic) bond motifs is 1. The van der Waals surface area contributed by atoms with Gasteiger partial charge in [0, 0.05) is 0 Å². The number of hydrogen-bond acceptors (Lipinski definition) is 5. The fourth-order valence-electron chi connectivity index (χ4n) is 2.48. The molecule has 2 aromatic rings. The van der Waals surface area contributed by atoms with Gasteiger partial charge in [0.25, 0.3) is 10.0 Å². The molecule has 0 fully saturated rings. The summed E-state index contributed by atoms with van der Waals surface area (Å²) in [6.45, 7) is -0.459. The van der Waals surface area contributed by atoms with Crippen LogP contribution in [0.3, 0.4) is 0 Å². The molecule has 7 nitrogen and oxygen atoms in total. The van der Waals surface area contributed by atoms with Crippen LogP contribution in [-0.4, -0.2) is 34.1 Å². The predicted molar refractivity (Wildman–Crippen MR) is 87.3 cm³/mol. The highest BCUT2D eigenvalue weighted by molar-refractivity contribution is 7.94. The minimum atomic E-state index is -4.21. The lowest BCUT2D eigenvalue weighted by Crippen LogP contribution is -2.52. The number of hydrogen-bond donors (Lipinski definition) is 0. The second kappa shape index (κ2) is 6.17. The van der Waals surface area contributed by atoms with Gasteiger partial charge in [0.2, 0.25) is 0 Å². The second-order valence-electron chi connectivity index (χ2n) is 5.16. The standard InChI is InChI=1S/C16H13FN2O5S/c1-24-15(20)10-18-13-4-2-3-5-14(13)25(22,23)19(16(18)21)12-8-6-11(17)7-9-12/h2-9H,10H2,1H3. The number of nitrogens with zero attached hydrogens (tertiary/aromatic N) is 2. The highest BCUT2D eigenvalue weighted by atomic mass is 32.2. The maximum Gasteiger partial charge on any atom is 0.343 e. The molecule has 2 amide bonds. The topological polar surface area (TPSA) is 84.0 Å². The fourth-order valence-corrected chi connectivity index (χ4v) is 4.08. The van der Waals surface area contributed by atoms with Crippen LogP contribution in [0.2, 0.25) is 0 Å². The first-order valence-corrected chi connectivity index (χ1v) is 8.58. The summed E-state index contributed by atoms with van der Waals surface area (Å²) in [6, 6.07) is 9.31. The summed E-state index contributed by atoms with van der Waals surface area (Å²) in [5, 5.41) is 0. The highest BCUT2D eigenvalue weighted by Crippen LogP contribution is 2.36. The number of methoxy groups -OCH3 is 1. The molecular weight excluding hydrogens is 351 g/mol. The van der Waals surface area contributed by atoms with Gasteiger partial charge in [-0.15, -0.1) is 0 Å². The van der Waals surface area contributed by atoms with Crippen LogP contribution in [-0.2, 0) is 19.6 Å². The summed E-state index contributed by atoms with van der Waals surface area (Å²) in [4.78, 5) is 25.3. The number of sulfonamides is 1. The van der Waals surface area contributed by atoms with Crippen LogP contribution in [0.4, 0.5) is 20.6 Å². The molecule has 0 saturated heterocycles. The number of ether oxygens (including phenoxy) is 1. The van der Waals surface area contributed by atoms with E-state index >= 15 is 0 Å². The third-order valence-corrected chi connectivity index (χ3v) is 5.40. The largest absolute Gasteiger partial charge is 0.468 e. The molecule has 25 heavy (non-hydrogen) atoms. The van der Waals surface area contributed by atoms with Crippen LogP contribution in [0.25, 0.3) is 0 Å². The van der Waals surface area contributed by atoms with Gasteiger partial charge in [0.15, 0.2) is 0 Å². The molecule has 130 valence electrons. The lowest BCUT2D eigenvalue weighted by molar-refractivity contribution is -0.138. The number of carbonyl (C=O) groups is 2. The molecule has 0 bridgehead atoms. The Labute approximate surface area is 143 Å². The number of amides is 2. The average Bonchev–Trinajstić information content (AvgIpc) is 2.60. The molecule has 0 spiro atoms. The van der Waals surface area contributed by atoms with Gasteiger partial charge in [-0.25, -0.2) is 17.6 Å². The molecule has 0 N–H and O–H groups in total. The van der Waals surface area contributed by atoms with Crippen LogP contribution >= 0.6 is 0 Å². The minimum Gasteiger partial charge on any atom is -0.468 e. The summed E-state index contributed by atoms with van der Waals surface area (Å²) in [5.74, 6) is -1.28. The number of halogens is 1. The molecule has 0 aliphatic carbocycles. The monoisotopic (exact) mass is 364 g/mol. The Hall–Kier alpha value is -2.94. The van der Waals surface area contributed by atoms with E-state index in [0.717, 1.165) is 24.1 Å². The molecule has 1 heterocycles. The Balaban J connectivity index is 2.19. The van der Waals surface area contributed by atoms with Gasteiger partial charge < -0.3 is 4.74 Å². The number of anilines is 2. The Kier molecular flexibility index (Phi) is 4.17. The van der Waals surface area contributed by atoms with Crippen molar-refractivity contribution in [3.63, 3.8) is 0 Å². The summed E-state index contributed by atoms with van der Waals surface area (Å²) in [7, 11) is -3.04. The zero-order valence-electron chi connectivity index (χ0n) is 13.0. The first-order valence-electron chi connectivity index (χ1n) is 7.14. The van der Waals surface area contributed by atoms with Crippen molar-refractivity contribution in [3.8, 4) is 0 Å². The zero-order valence-corrected chi connectivity index (χ0v) is 13.9. The van der Waals surface area contributed by atoms with Gasteiger partial charge in [-0.05, 0) is 36.4 Å². The summed E-state index contributed by atoms with van der Waals surface area (Å²) >= 11 is 0. The van der Waals surface area contributed by atoms with E-state index in [2.05, 4.69) is 4.74 Å². The number of benzene rings is 2. The third kappa shape index (κ3) is 2.82. The number of esters is 1. The molecule has 1 aliphatic heterocycles. The lowest BCUT2D eigenvalue weighted by atomic mass is 10.2. The summed E-state index contributed by atoms with van der Waals surface area (Å²) in [5.41, 5.74) is 0.0482. The van der Waals surface area contributed by atoms with Gasteiger partial charge >= 0.3 is 12.0 Å². The highest BCUT2D eigenvalue weighted by Gasteiger charge is 2.43. The zero-order chi connectivity index (χ0) is 18.2. The lowest BCUT2D eigenvalue weighted by Gasteiger charge is -2.35. The quantitative estimate of drug-likeness (QED) is 0.779. The molecule has 0 radical (unpaired) electrons. The van der Waals surface area contributed by atoms with Crippen molar-refractivity contribution in [2.45, 2.75) is 4.90 Å². The first kappa shape index (κ1) is 16.9. The Morgan fingerprint density at radius 3 is 2.40 bits per heavy atom. The predicted octanol–water partition coefficient (Wildman–Crippen LogP) is 2.13. The number of carbonyl (C=O) groups excluding carboxylic acids is 2. The average molecular weight is 364 g/mol. The van der Waals surface area contributed by atoms with E-state index in [-0.39, 0.29) is 16.3 Å². The fraction of sp³-hybridized carbons (Fsp3) is 0.125. The van der Waals surface area contributed by atoms with Crippen LogP contribution in [0.5, 0.6) is 0 Å². The van der Waals surface area contributed by atoms with Crippen molar-refractivity contribution in [1.82, 2.24) is 0 Å². The number of urea groups is 1. The van der Waals surface area contributed by atoms with E-state index < -0.39 is 34.4 Å². The Morgan fingerprint density at radius 1 is 1.12 bits per heavy atom. The van der Waals surface area contributed by atoms with Gasteiger partial charge in [-0.3, -0.25) is 9.69 Å². The van der Waals surface area contributed by atoms with Crippen molar-refractivity contribution in [3.05, 3.63) is 54.3 Å². The van der Waals surface area contributed by atoms with E-state index in [1.54, 1.807) is 6.07 Å². The molecule has 0 saturated carbocycles. The first-order chi connectivity index (χ1) is 11.9. The Bertz CT molecular complexity index is 943. The van der Waals surface area contributed by atoms with Crippen molar-refractivity contribution in [2.75, 3.05) is 22.9 Å². The van der Waals surface area contributed by atoms with E-state index in [9.17, 15) is 22.4 Å². The van der Waals surface area contributed by atoms with E-state index in [0.29, 0.717) is 4.31 Å². The van der Waals surface area contributed by atoms with Crippen LogP contribution in [0.15, 0.2) is 53.4 Å². The molecule has 9 heteroatoms. The molecule has 0 unspecified atom stereocenters. The maximum atomic E-state index is 13.2. The SMILES string of the molecule is COC(=O)CN1C(=O)N(c2ccc(F)cc2)S(=O)(=O)c2ccccc21. The van der Waals surface area contributed by atoms with E-state index in [1.807, 2.05) is 0 Å². The smallest absolute Gasteiger partial charge is 0.343 e. The molecular formula is C16H13FN2O5S. The molecule has 0 aromatic heterocycles. The van der Waals surface area contributed by atoms with Crippen molar-refractivity contribution < 1.29 is 27.1 Å². The maximum absolute atomic E-state index is 13.2. The normalized spacial score (nSPS) is 15.7. The molecule has 0 atom stereocenters. The van der Waals surface area contributed by atoms with Gasteiger partial charge in [0.1, 0.15) is 17.3 Å². The summed E-state index contributed by atoms with van der Waals surface area (Å²) in [6.07, 6.45) is 0. The number of para-hydroxylation sites is 1. The molecule has 2 aromatic carbocycles. The molecule has 1 aliphatic rings. The van der Waals surface area contributed by atoms with E-state index in [4.69, 9.17) is 0 Å². The van der Waals surface area contributed by atoms with Gasteiger partial charge in [0.05, 0.1) is 18.5 Å². The van der Waals surface area contributed by atoms with Crippen LogP contribution in [0, 0.1) is 5.82 Å². The molecule has 3 rings (SSSR count). The van der Waals surface area contributed by atoms with Gasteiger partial charge in [-0.2, -0.15) is 4.31 Å². The minimum absolute atomic E-state index is 0.0317. The summed E-state index contributed by atoms with van der Waals surface area (Å²) < 4.78 is 44.0. The van der Waals surface area contributed by atoms with Crippen LogP contribution < -0.4 is 9.21 Å². The van der Waals surface area contributed by atoms with Crippen LogP contribution in [0.1, 0.15) is 0 Å². The second-order valence-corrected chi connectivity index (χ2v) is 6.91. The number of rotatable bonds is 3. The third-order valence-electron chi connectivity index (χ3n) is 3.65. The van der Waals surface area contributed by atoms with Crippen molar-refractivity contribution in [2.24, 2.45) is 0 Å². The van der Waals surface area contributed by atoms with E-state index in [1.165, 1.54) is 30.3 Å². The van der Waals surface area contributed by atoms with Crippen molar-refractivity contribution in [1.29, 1.82) is 0 Å². The Morgan fingerprint density at radius 2 is 1.76 bits per heavy atom. The van der Waals surface area contributed by atoms with Gasteiger partial charge in [-0.1, -0.05) is 12.1 Å².